The van der Waals surface area contributed by atoms with Crippen LogP contribution >= 0.6 is 0 Å². The van der Waals surface area contributed by atoms with Crippen molar-refractivity contribution in [3.63, 3.8) is 0 Å². The highest BCUT2D eigenvalue weighted by Crippen LogP contribution is 2.07. The van der Waals surface area contributed by atoms with E-state index in [2.05, 4.69) is 18.8 Å². The summed E-state index contributed by atoms with van der Waals surface area (Å²) in [7, 11) is 0. The number of carbonyl (C=O) groups is 1. The number of nitrogens with zero attached hydrogens (tertiary/aromatic N) is 2. The smallest absolute Gasteiger partial charge is 0.228 e. The molecule has 0 aliphatic heterocycles. The molecular weight excluding hydrogens is 262 g/mol. The zero-order valence-electron chi connectivity index (χ0n) is 13.5. The fraction of sp³-hybridized carbons (Fsp3) is 0.647. The van der Waals surface area contributed by atoms with E-state index in [9.17, 15) is 4.79 Å². The van der Waals surface area contributed by atoms with Crippen LogP contribution in [-0.4, -0.2) is 28.9 Å². The van der Waals surface area contributed by atoms with Crippen molar-refractivity contribution in [1.82, 2.24) is 9.88 Å². The topological polar surface area (TPSA) is 59.2 Å². The molecule has 0 radical (unpaired) electrons. The molecule has 4 nitrogen and oxygen atoms in total. The Balaban J connectivity index is 2.53. The minimum atomic E-state index is 0.180. The van der Waals surface area contributed by atoms with Crippen molar-refractivity contribution >= 4 is 11.6 Å². The molecule has 0 bridgehead atoms. The van der Waals surface area contributed by atoms with Crippen molar-refractivity contribution in [1.29, 1.82) is 0 Å². The second kappa shape index (κ2) is 10.2. The molecule has 1 aromatic heterocycles. The fourth-order valence-electron chi connectivity index (χ4n) is 2.27. The van der Waals surface area contributed by atoms with Gasteiger partial charge in [0, 0.05) is 18.8 Å². The van der Waals surface area contributed by atoms with Crippen LogP contribution in [0.4, 0.5) is 5.69 Å². The molecule has 0 spiro atoms. The highest BCUT2D eigenvalue weighted by molar-refractivity contribution is 5.78. The lowest BCUT2D eigenvalue weighted by molar-refractivity contribution is -0.130. The van der Waals surface area contributed by atoms with Crippen molar-refractivity contribution in [3.8, 4) is 0 Å². The number of pyridine rings is 1. The average molecular weight is 291 g/mol. The molecule has 0 aliphatic carbocycles. The maximum Gasteiger partial charge on any atom is 0.228 e. The molecule has 0 aromatic carbocycles. The van der Waals surface area contributed by atoms with E-state index in [0.29, 0.717) is 12.1 Å². The van der Waals surface area contributed by atoms with E-state index < -0.39 is 0 Å². The molecule has 0 saturated carbocycles. The summed E-state index contributed by atoms with van der Waals surface area (Å²) >= 11 is 0. The van der Waals surface area contributed by atoms with Gasteiger partial charge < -0.3 is 10.6 Å². The molecule has 0 saturated heterocycles. The summed E-state index contributed by atoms with van der Waals surface area (Å²) in [4.78, 5) is 18.7. The first-order chi connectivity index (χ1) is 10.2. The van der Waals surface area contributed by atoms with Crippen LogP contribution in [0.2, 0.25) is 0 Å². The third-order valence-electron chi connectivity index (χ3n) is 3.60. The lowest BCUT2D eigenvalue weighted by Crippen LogP contribution is -2.34. The summed E-state index contributed by atoms with van der Waals surface area (Å²) in [6, 6.07) is 3.64. The number of anilines is 1. The van der Waals surface area contributed by atoms with Gasteiger partial charge in [0.05, 0.1) is 18.3 Å². The van der Waals surface area contributed by atoms with Gasteiger partial charge in [-0.1, -0.05) is 39.5 Å². The van der Waals surface area contributed by atoms with Crippen LogP contribution in [0.1, 0.15) is 58.1 Å². The van der Waals surface area contributed by atoms with Crippen LogP contribution in [0.25, 0.3) is 0 Å². The molecule has 0 unspecified atom stereocenters. The number of amides is 1. The molecule has 1 amide bonds. The van der Waals surface area contributed by atoms with Gasteiger partial charge in [-0.25, -0.2) is 0 Å². The van der Waals surface area contributed by atoms with Gasteiger partial charge >= 0.3 is 0 Å². The molecule has 1 rings (SSSR count). The molecule has 4 heteroatoms. The van der Waals surface area contributed by atoms with Crippen LogP contribution in [0.15, 0.2) is 18.3 Å². The molecule has 118 valence electrons. The zero-order valence-corrected chi connectivity index (χ0v) is 13.5. The van der Waals surface area contributed by atoms with Gasteiger partial charge in [0.2, 0.25) is 5.91 Å². The maximum absolute atomic E-state index is 12.4. The Morgan fingerprint density at radius 2 is 1.71 bits per heavy atom. The van der Waals surface area contributed by atoms with Crippen molar-refractivity contribution in [2.45, 2.75) is 58.8 Å². The molecule has 2 N–H and O–H groups in total. The number of rotatable bonds is 10. The Morgan fingerprint density at radius 1 is 1.10 bits per heavy atom. The number of carbonyl (C=O) groups excluding carboxylic acids is 1. The van der Waals surface area contributed by atoms with E-state index in [1.807, 2.05) is 11.0 Å². The molecule has 0 atom stereocenters. The number of unbranched alkanes of at least 4 members (excludes halogenated alkanes) is 4. The van der Waals surface area contributed by atoms with Crippen molar-refractivity contribution in [2.75, 3.05) is 18.8 Å². The molecule has 1 heterocycles. The Morgan fingerprint density at radius 3 is 2.19 bits per heavy atom. The van der Waals surface area contributed by atoms with Crippen LogP contribution < -0.4 is 5.73 Å². The highest BCUT2D eigenvalue weighted by atomic mass is 16.2. The van der Waals surface area contributed by atoms with Gasteiger partial charge in [-0.05, 0) is 25.0 Å². The van der Waals surface area contributed by atoms with Gasteiger partial charge in [-0.15, -0.1) is 0 Å². The van der Waals surface area contributed by atoms with Crippen LogP contribution in [0, 0.1) is 0 Å². The van der Waals surface area contributed by atoms with E-state index in [0.717, 1.165) is 31.6 Å². The van der Waals surface area contributed by atoms with Gasteiger partial charge in [-0.3, -0.25) is 9.78 Å². The Hall–Kier alpha value is -1.58. The first-order valence-electron chi connectivity index (χ1n) is 8.15. The van der Waals surface area contributed by atoms with E-state index >= 15 is 0 Å². The lowest BCUT2D eigenvalue weighted by Gasteiger charge is -2.22. The molecular formula is C17H29N3O. The number of hydrogen-bond acceptors (Lipinski definition) is 3. The lowest BCUT2D eigenvalue weighted by atomic mass is 10.2. The summed E-state index contributed by atoms with van der Waals surface area (Å²) in [5.41, 5.74) is 7.05. The number of hydrogen-bond donors (Lipinski definition) is 1. The van der Waals surface area contributed by atoms with Crippen LogP contribution in [-0.2, 0) is 11.2 Å². The third kappa shape index (κ3) is 7.11. The Kier molecular flexibility index (Phi) is 8.48. The van der Waals surface area contributed by atoms with E-state index in [1.165, 1.54) is 25.7 Å². The van der Waals surface area contributed by atoms with Crippen molar-refractivity contribution in [3.05, 3.63) is 24.0 Å². The standard InChI is InChI=1S/C17H29N3O/c1-3-5-7-11-20(12-8-6-4-2)17(21)13-16-10-9-15(18)14-19-16/h9-10,14H,3-8,11-13,18H2,1-2H3. The van der Waals surface area contributed by atoms with Gasteiger partial charge in [0.15, 0.2) is 0 Å². The molecule has 0 fully saturated rings. The summed E-state index contributed by atoms with van der Waals surface area (Å²) in [5.74, 6) is 0.180. The fourth-order valence-corrected chi connectivity index (χ4v) is 2.27. The maximum atomic E-state index is 12.4. The summed E-state index contributed by atoms with van der Waals surface area (Å²) in [5, 5.41) is 0. The molecule has 1 aromatic rings. The quantitative estimate of drug-likeness (QED) is 0.672. The minimum absolute atomic E-state index is 0.180. The van der Waals surface area contributed by atoms with Crippen molar-refractivity contribution < 1.29 is 4.79 Å². The Bertz CT molecular complexity index is 393. The van der Waals surface area contributed by atoms with E-state index in [4.69, 9.17) is 5.73 Å². The average Bonchev–Trinajstić information content (AvgIpc) is 2.48. The van der Waals surface area contributed by atoms with Gasteiger partial charge in [0.1, 0.15) is 0 Å². The first-order valence-corrected chi connectivity index (χ1v) is 8.15. The number of nitrogens with two attached hydrogens (primary N) is 1. The normalized spacial score (nSPS) is 10.6. The van der Waals surface area contributed by atoms with Crippen LogP contribution in [0.5, 0.6) is 0 Å². The first kappa shape index (κ1) is 17.5. The number of aromatic nitrogens is 1. The summed E-state index contributed by atoms with van der Waals surface area (Å²) < 4.78 is 0. The highest BCUT2D eigenvalue weighted by Gasteiger charge is 2.14. The SMILES string of the molecule is CCCCCN(CCCCC)C(=O)Cc1ccc(N)cn1. The van der Waals surface area contributed by atoms with Crippen LogP contribution in [0.3, 0.4) is 0 Å². The Labute approximate surface area is 128 Å². The third-order valence-corrected chi connectivity index (χ3v) is 3.60. The van der Waals surface area contributed by atoms with Crippen molar-refractivity contribution in [2.24, 2.45) is 0 Å². The summed E-state index contributed by atoms with van der Waals surface area (Å²) in [6.45, 7) is 6.10. The monoisotopic (exact) mass is 291 g/mol. The largest absolute Gasteiger partial charge is 0.397 e. The summed E-state index contributed by atoms with van der Waals surface area (Å²) in [6.07, 6.45) is 8.87. The number of nitrogen functional groups attached to an aromatic ring is 1. The second-order valence-corrected chi connectivity index (χ2v) is 5.55. The van der Waals surface area contributed by atoms with Gasteiger partial charge in [0.25, 0.3) is 0 Å². The second-order valence-electron chi connectivity index (χ2n) is 5.55. The zero-order chi connectivity index (χ0) is 15.5. The van der Waals surface area contributed by atoms with E-state index in [1.54, 1.807) is 12.3 Å². The molecule has 0 aliphatic rings. The minimum Gasteiger partial charge on any atom is -0.397 e. The molecule has 21 heavy (non-hydrogen) atoms. The predicted molar refractivity (Wildman–Crippen MR) is 88.0 cm³/mol. The van der Waals surface area contributed by atoms with Gasteiger partial charge in [-0.2, -0.15) is 0 Å². The predicted octanol–water partition coefficient (Wildman–Crippen LogP) is 3.42. The van der Waals surface area contributed by atoms with E-state index in [-0.39, 0.29) is 5.91 Å².